The van der Waals surface area contributed by atoms with E-state index in [9.17, 15) is 9.90 Å². The molecule has 1 saturated carbocycles. The average molecular weight is 289 g/mol. The van der Waals surface area contributed by atoms with Gasteiger partial charge in [0.15, 0.2) is 0 Å². The van der Waals surface area contributed by atoms with Crippen LogP contribution >= 0.6 is 0 Å². The van der Waals surface area contributed by atoms with Crippen LogP contribution in [0.5, 0.6) is 5.75 Å². The molecule has 0 aliphatic heterocycles. The van der Waals surface area contributed by atoms with Crippen molar-refractivity contribution in [2.24, 2.45) is 0 Å². The molecule has 2 rings (SSSR count). The molecular formula is C17H23NO3. The number of nitrogens with one attached hydrogen (secondary N) is 1. The second kappa shape index (κ2) is 6.76. The summed E-state index contributed by atoms with van der Waals surface area (Å²) in [5.74, 6) is 0.491. The normalized spacial score (nSPS) is 15.8. The SMILES string of the molecule is CC(C)=CCOc1cccc(C(=O)NCC2(O)CCC2)c1. The molecule has 1 aliphatic carbocycles. The van der Waals surface area contributed by atoms with Gasteiger partial charge in [-0.1, -0.05) is 11.6 Å². The molecule has 1 aromatic rings. The summed E-state index contributed by atoms with van der Waals surface area (Å²) < 4.78 is 5.58. The maximum Gasteiger partial charge on any atom is 0.251 e. The fraction of sp³-hybridized carbons (Fsp3) is 0.471. The molecule has 1 aliphatic rings. The zero-order valence-corrected chi connectivity index (χ0v) is 12.7. The zero-order chi connectivity index (χ0) is 15.3. The topological polar surface area (TPSA) is 58.6 Å². The van der Waals surface area contributed by atoms with Crippen LogP contribution in [0.1, 0.15) is 43.5 Å². The number of hydrogen-bond acceptors (Lipinski definition) is 3. The summed E-state index contributed by atoms with van der Waals surface area (Å²) in [6.07, 6.45) is 4.54. The second-order valence-corrected chi connectivity index (χ2v) is 5.88. The van der Waals surface area contributed by atoms with Crippen LogP contribution in [0, 0.1) is 0 Å². The largest absolute Gasteiger partial charge is 0.490 e. The fourth-order valence-electron chi connectivity index (χ4n) is 2.14. The van der Waals surface area contributed by atoms with Gasteiger partial charge >= 0.3 is 0 Å². The van der Waals surface area contributed by atoms with Gasteiger partial charge in [-0.3, -0.25) is 4.79 Å². The highest BCUT2D eigenvalue weighted by atomic mass is 16.5. The Bertz CT molecular complexity index is 529. The highest BCUT2D eigenvalue weighted by molar-refractivity contribution is 5.94. The lowest BCUT2D eigenvalue weighted by atomic mass is 9.80. The van der Waals surface area contributed by atoms with Crippen LogP contribution in [0.25, 0.3) is 0 Å². The number of allylic oxidation sites excluding steroid dienone is 1. The highest BCUT2D eigenvalue weighted by Gasteiger charge is 2.34. The van der Waals surface area contributed by atoms with Crippen molar-refractivity contribution >= 4 is 5.91 Å². The molecule has 0 aromatic heterocycles. The molecular weight excluding hydrogens is 266 g/mol. The summed E-state index contributed by atoms with van der Waals surface area (Å²) in [4.78, 5) is 12.1. The monoisotopic (exact) mass is 289 g/mol. The average Bonchev–Trinajstić information content (AvgIpc) is 2.42. The van der Waals surface area contributed by atoms with Gasteiger partial charge in [-0.25, -0.2) is 0 Å². The van der Waals surface area contributed by atoms with Gasteiger partial charge in [-0.05, 0) is 57.4 Å². The van der Waals surface area contributed by atoms with Gasteiger partial charge in [0.2, 0.25) is 0 Å². The Kier molecular flexibility index (Phi) is 5.02. The van der Waals surface area contributed by atoms with E-state index in [-0.39, 0.29) is 5.91 Å². The Morgan fingerprint density at radius 2 is 2.19 bits per heavy atom. The number of carbonyl (C=O) groups is 1. The molecule has 1 amide bonds. The predicted octanol–water partition coefficient (Wildman–Crippen LogP) is 2.68. The van der Waals surface area contributed by atoms with Crippen molar-refractivity contribution in [1.82, 2.24) is 5.32 Å². The van der Waals surface area contributed by atoms with Gasteiger partial charge in [0.1, 0.15) is 12.4 Å². The number of carbonyl (C=O) groups excluding carboxylic acids is 1. The summed E-state index contributed by atoms with van der Waals surface area (Å²) in [5.41, 5.74) is 1.04. The quantitative estimate of drug-likeness (QED) is 0.792. The van der Waals surface area contributed by atoms with Crippen LogP contribution in [0.15, 0.2) is 35.9 Å². The van der Waals surface area contributed by atoms with Gasteiger partial charge in [0.05, 0.1) is 5.60 Å². The van der Waals surface area contributed by atoms with E-state index in [0.29, 0.717) is 24.5 Å². The van der Waals surface area contributed by atoms with Crippen LogP contribution < -0.4 is 10.1 Å². The Hall–Kier alpha value is -1.81. The molecule has 4 nitrogen and oxygen atoms in total. The molecule has 0 bridgehead atoms. The zero-order valence-electron chi connectivity index (χ0n) is 12.7. The van der Waals surface area contributed by atoms with Gasteiger partial charge in [-0.2, -0.15) is 0 Å². The molecule has 0 heterocycles. The third-order valence-corrected chi connectivity index (χ3v) is 3.70. The van der Waals surface area contributed by atoms with E-state index in [2.05, 4.69) is 5.32 Å². The lowest BCUT2D eigenvalue weighted by molar-refractivity contribution is -0.0300. The molecule has 0 spiro atoms. The molecule has 1 aromatic carbocycles. The third-order valence-electron chi connectivity index (χ3n) is 3.70. The lowest BCUT2D eigenvalue weighted by Gasteiger charge is -2.36. The maximum atomic E-state index is 12.1. The Balaban J connectivity index is 1.90. The van der Waals surface area contributed by atoms with Crippen LogP contribution in [0.4, 0.5) is 0 Å². The summed E-state index contributed by atoms with van der Waals surface area (Å²) >= 11 is 0. The van der Waals surface area contributed by atoms with Gasteiger partial charge in [-0.15, -0.1) is 0 Å². The number of rotatable bonds is 6. The maximum absolute atomic E-state index is 12.1. The number of hydrogen-bond donors (Lipinski definition) is 2. The molecule has 21 heavy (non-hydrogen) atoms. The van der Waals surface area contributed by atoms with E-state index in [1.165, 1.54) is 5.57 Å². The van der Waals surface area contributed by atoms with Crippen LogP contribution in [-0.4, -0.2) is 29.8 Å². The van der Waals surface area contributed by atoms with Gasteiger partial charge in [0.25, 0.3) is 5.91 Å². The smallest absolute Gasteiger partial charge is 0.251 e. The van der Waals surface area contributed by atoms with Crippen molar-refractivity contribution in [3.63, 3.8) is 0 Å². The minimum atomic E-state index is -0.701. The van der Waals surface area contributed by atoms with E-state index in [0.717, 1.165) is 19.3 Å². The van der Waals surface area contributed by atoms with E-state index in [1.54, 1.807) is 18.2 Å². The molecule has 0 atom stereocenters. The van der Waals surface area contributed by atoms with Crippen LogP contribution in [-0.2, 0) is 0 Å². The minimum Gasteiger partial charge on any atom is -0.490 e. The molecule has 0 unspecified atom stereocenters. The first-order valence-corrected chi connectivity index (χ1v) is 7.35. The summed E-state index contributed by atoms with van der Waals surface area (Å²) in [5, 5.41) is 12.8. The van der Waals surface area contributed by atoms with E-state index >= 15 is 0 Å². The second-order valence-electron chi connectivity index (χ2n) is 5.88. The van der Waals surface area contributed by atoms with Crippen molar-refractivity contribution < 1.29 is 14.6 Å². The van der Waals surface area contributed by atoms with E-state index in [1.807, 2.05) is 26.0 Å². The molecule has 0 radical (unpaired) electrons. The van der Waals surface area contributed by atoms with Gasteiger partial charge < -0.3 is 15.2 Å². The minimum absolute atomic E-state index is 0.178. The highest BCUT2D eigenvalue weighted by Crippen LogP contribution is 2.30. The van der Waals surface area contributed by atoms with E-state index < -0.39 is 5.60 Å². The van der Waals surface area contributed by atoms with E-state index in [4.69, 9.17) is 4.74 Å². The molecule has 0 saturated heterocycles. The Morgan fingerprint density at radius 3 is 2.81 bits per heavy atom. The fourth-order valence-corrected chi connectivity index (χ4v) is 2.14. The van der Waals surface area contributed by atoms with Crippen molar-refractivity contribution in [3.05, 3.63) is 41.5 Å². The summed E-state index contributed by atoms with van der Waals surface area (Å²) in [7, 11) is 0. The number of amides is 1. The molecule has 1 fully saturated rings. The lowest BCUT2D eigenvalue weighted by Crippen LogP contribution is -2.47. The van der Waals surface area contributed by atoms with Crippen molar-refractivity contribution in [2.75, 3.05) is 13.2 Å². The predicted molar refractivity (Wildman–Crippen MR) is 82.5 cm³/mol. The first-order valence-electron chi connectivity index (χ1n) is 7.35. The Labute approximate surface area is 125 Å². The first-order chi connectivity index (χ1) is 9.98. The summed E-state index contributed by atoms with van der Waals surface area (Å²) in [6, 6.07) is 7.09. The van der Waals surface area contributed by atoms with Crippen LogP contribution in [0.3, 0.4) is 0 Å². The third kappa shape index (κ3) is 4.60. The van der Waals surface area contributed by atoms with Crippen LogP contribution in [0.2, 0.25) is 0 Å². The van der Waals surface area contributed by atoms with Crippen molar-refractivity contribution in [2.45, 2.75) is 38.7 Å². The first kappa shape index (κ1) is 15.6. The number of ether oxygens (including phenoxy) is 1. The summed E-state index contributed by atoms with van der Waals surface area (Å²) in [6.45, 7) is 4.83. The van der Waals surface area contributed by atoms with Crippen molar-refractivity contribution in [3.8, 4) is 5.75 Å². The number of aliphatic hydroxyl groups is 1. The van der Waals surface area contributed by atoms with Crippen molar-refractivity contribution in [1.29, 1.82) is 0 Å². The van der Waals surface area contributed by atoms with Gasteiger partial charge in [0, 0.05) is 12.1 Å². The standard InChI is InChI=1S/C17H23NO3/c1-13(2)7-10-21-15-6-3-5-14(11-15)16(19)18-12-17(20)8-4-9-17/h3,5-7,11,20H,4,8-10,12H2,1-2H3,(H,18,19). The molecule has 114 valence electrons. The number of benzene rings is 1. The Morgan fingerprint density at radius 1 is 1.43 bits per heavy atom. The molecule has 2 N–H and O–H groups in total. The molecule has 4 heteroatoms.